The summed E-state index contributed by atoms with van der Waals surface area (Å²) in [6.45, 7) is 3.70. The van der Waals surface area contributed by atoms with E-state index in [1.54, 1.807) is 23.9 Å². The van der Waals surface area contributed by atoms with Gasteiger partial charge in [-0.15, -0.1) is 11.3 Å². The fourth-order valence-electron chi connectivity index (χ4n) is 4.25. The van der Waals surface area contributed by atoms with Crippen LogP contribution in [0.5, 0.6) is 5.75 Å². The van der Waals surface area contributed by atoms with E-state index >= 15 is 0 Å². The standard InChI is InChI=1S/C25H25FN4O2S/c1-16-22-15-23(33-25(22)30(28-16)20-5-3-17(26)4-6-20)24(31)27-18-11-13-29(14-12-18)19-7-9-21(32-2)10-8-19/h3-10,15,18H,11-14H2,1-2H3,(H,27,31). The summed E-state index contributed by atoms with van der Waals surface area (Å²) in [6, 6.07) is 16.4. The molecule has 0 spiro atoms. The number of aromatic nitrogens is 2. The normalized spacial score (nSPS) is 14.6. The number of benzene rings is 2. The third kappa shape index (κ3) is 4.30. The Morgan fingerprint density at radius 3 is 2.42 bits per heavy atom. The molecule has 4 aromatic rings. The summed E-state index contributed by atoms with van der Waals surface area (Å²) >= 11 is 1.41. The van der Waals surface area contributed by atoms with Gasteiger partial charge >= 0.3 is 0 Å². The Morgan fingerprint density at radius 1 is 1.09 bits per heavy atom. The Kier molecular flexibility index (Phi) is 5.76. The predicted molar refractivity (Wildman–Crippen MR) is 129 cm³/mol. The lowest BCUT2D eigenvalue weighted by Crippen LogP contribution is -2.44. The number of hydrogen-bond donors (Lipinski definition) is 1. The molecule has 170 valence electrons. The number of methoxy groups -OCH3 is 1. The van der Waals surface area contributed by atoms with Crippen LogP contribution in [0.25, 0.3) is 15.9 Å². The van der Waals surface area contributed by atoms with E-state index < -0.39 is 0 Å². The monoisotopic (exact) mass is 464 g/mol. The molecule has 1 aliphatic rings. The maximum absolute atomic E-state index is 13.3. The van der Waals surface area contributed by atoms with Gasteiger partial charge in [0, 0.05) is 30.2 Å². The minimum absolute atomic E-state index is 0.0517. The topological polar surface area (TPSA) is 59.4 Å². The molecular weight excluding hydrogens is 439 g/mol. The van der Waals surface area contributed by atoms with E-state index in [0.29, 0.717) is 4.88 Å². The number of amides is 1. The maximum atomic E-state index is 13.3. The van der Waals surface area contributed by atoms with E-state index in [4.69, 9.17) is 4.74 Å². The lowest BCUT2D eigenvalue weighted by atomic mass is 10.0. The van der Waals surface area contributed by atoms with Gasteiger partial charge in [-0.05, 0) is 74.4 Å². The van der Waals surface area contributed by atoms with Crippen LogP contribution in [-0.2, 0) is 0 Å². The summed E-state index contributed by atoms with van der Waals surface area (Å²) in [4.78, 5) is 16.9. The first-order chi connectivity index (χ1) is 16.0. The summed E-state index contributed by atoms with van der Waals surface area (Å²) in [5.74, 6) is 0.509. The van der Waals surface area contributed by atoms with Crippen molar-refractivity contribution in [1.82, 2.24) is 15.1 Å². The Hall–Kier alpha value is -3.39. The zero-order valence-corrected chi connectivity index (χ0v) is 19.4. The molecular formula is C25H25FN4O2S. The van der Waals surface area contributed by atoms with Crippen molar-refractivity contribution in [2.24, 2.45) is 0 Å². The van der Waals surface area contributed by atoms with Crippen LogP contribution >= 0.6 is 11.3 Å². The predicted octanol–water partition coefficient (Wildman–Crippen LogP) is 4.94. The number of hydrogen-bond acceptors (Lipinski definition) is 5. The van der Waals surface area contributed by atoms with Crippen LogP contribution in [0.3, 0.4) is 0 Å². The van der Waals surface area contributed by atoms with Crippen molar-refractivity contribution >= 4 is 33.1 Å². The third-order valence-corrected chi connectivity index (χ3v) is 7.22. The lowest BCUT2D eigenvalue weighted by molar-refractivity contribution is 0.0935. The van der Waals surface area contributed by atoms with E-state index in [-0.39, 0.29) is 17.8 Å². The summed E-state index contributed by atoms with van der Waals surface area (Å²) in [7, 11) is 1.67. The van der Waals surface area contributed by atoms with Gasteiger partial charge in [0.15, 0.2) is 0 Å². The molecule has 1 saturated heterocycles. The van der Waals surface area contributed by atoms with Crippen molar-refractivity contribution in [3.63, 3.8) is 0 Å². The smallest absolute Gasteiger partial charge is 0.261 e. The number of rotatable bonds is 5. The average Bonchev–Trinajstić information content (AvgIpc) is 3.41. The van der Waals surface area contributed by atoms with Crippen LogP contribution in [0.2, 0.25) is 0 Å². The minimum atomic E-state index is -0.289. The first kappa shape index (κ1) is 21.5. The number of carbonyl (C=O) groups excluding carboxylic acids is 1. The Morgan fingerprint density at radius 2 is 1.76 bits per heavy atom. The fourth-order valence-corrected chi connectivity index (χ4v) is 5.33. The second-order valence-corrected chi connectivity index (χ2v) is 9.27. The van der Waals surface area contributed by atoms with Gasteiger partial charge in [0.05, 0.1) is 23.4 Å². The van der Waals surface area contributed by atoms with E-state index in [2.05, 4.69) is 27.4 Å². The molecule has 0 radical (unpaired) electrons. The van der Waals surface area contributed by atoms with Gasteiger partial charge in [-0.2, -0.15) is 5.10 Å². The average molecular weight is 465 g/mol. The van der Waals surface area contributed by atoms with E-state index in [0.717, 1.165) is 53.3 Å². The molecule has 0 saturated carbocycles. The van der Waals surface area contributed by atoms with Crippen molar-refractivity contribution in [2.75, 3.05) is 25.1 Å². The highest BCUT2D eigenvalue weighted by molar-refractivity contribution is 7.20. The molecule has 3 heterocycles. The van der Waals surface area contributed by atoms with Gasteiger partial charge in [0.2, 0.25) is 0 Å². The van der Waals surface area contributed by atoms with Gasteiger partial charge in [0.25, 0.3) is 5.91 Å². The van der Waals surface area contributed by atoms with Crippen molar-refractivity contribution in [3.8, 4) is 11.4 Å². The van der Waals surface area contributed by atoms with Gasteiger partial charge < -0.3 is 15.0 Å². The largest absolute Gasteiger partial charge is 0.497 e. The Balaban J connectivity index is 1.26. The molecule has 0 unspecified atom stereocenters. The number of carbonyl (C=O) groups is 1. The molecule has 1 amide bonds. The second-order valence-electron chi connectivity index (χ2n) is 8.24. The number of anilines is 1. The number of aryl methyl sites for hydroxylation is 1. The van der Waals surface area contributed by atoms with Crippen molar-refractivity contribution in [2.45, 2.75) is 25.8 Å². The van der Waals surface area contributed by atoms with E-state index in [1.807, 2.05) is 25.1 Å². The number of piperidine rings is 1. The summed E-state index contributed by atoms with van der Waals surface area (Å²) in [5, 5.41) is 8.73. The SMILES string of the molecule is COc1ccc(N2CCC(NC(=O)c3cc4c(C)nn(-c5ccc(F)cc5)c4s3)CC2)cc1. The van der Waals surface area contributed by atoms with E-state index in [9.17, 15) is 9.18 Å². The molecule has 1 fully saturated rings. The molecule has 1 N–H and O–H groups in total. The van der Waals surface area contributed by atoms with E-state index in [1.165, 1.54) is 29.2 Å². The Bertz CT molecular complexity index is 1270. The number of thiophene rings is 1. The molecule has 5 rings (SSSR count). The summed E-state index contributed by atoms with van der Waals surface area (Å²) in [5.41, 5.74) is 2.79. The molecule has 2 aromatic carbocycles. The van der Waals surface area contributed by atoms with Crippen LogP contribution in [0.15, 0.2) is 54.6 Å². The molecule has 0 atom stereocenters. The van der Waals surface area contributed by atoms with Crippen LogP contribution < -0.4 is 15.0 Å². The first-order valence-corrected chi connectivity index (χ1v) is 11.8. The highest BCUT2D eigenvalue weighted by Gasteiger charge is 2.23. The number of ether oxygens (including phenoxy) is 1. The molecule has 8 heteroatoms. The van der Waals surface area contributed by atoms with Crippen LogP contribution in [0, 0.1) is 12.7 Å². The number of halogens is 1. The molecule has 6 nitrogen and oxygen atoms in total. The van der Waals surface area contributed by atoms with Gasteiger partial charge in [-0.3, -0.25) is 4.79 Å². The summed E-state index contributed by atoms with van der Waals surface area (Å²) in [6.07, 6.45) is 1.79. The zero-order chi connectivity index (χ0) is 22.9. The lowest BCUT2D eigenvalue weighted by Gasteiger charge is -2.34. The van der Waals surface area contributed by atoms with Crippen LogP contribution in [0.1, 0.15) is 28.2 Å². The zero-order valence-electron chi connectivity index (χ0n) is 18.5. The quantitative estimate of drug-likeness (QED) is 0.454. The third-order valence-electron chi connectivity index (χ3n) is 6.11. The highest BCUT2D eigenvalue weighted by atomic mass is 32.1. The maximum Gasteiger partial charge on any atom is 0.261 e. The number of nitrogens with zero attached hydrogens (tertiary/aromatic N) is 3. The van der Waals surface area contributed by atoms with Crippen LogP contribution in [-0.4, -0.2) is 41.9 Å². The second kappa shape index (κ2) is 8.86. The van der Waals surface area contributed by atoms with Crippen molar-refractivity contribution in [1.29, 1.82) is 0 Å². The summed E-state index contributed by atoms with van der Waals surface area (Å²) < 4.78 is 20.3. The van der Waals surface area contributed by atoms with Gasteiger partial charge in [-0.1, -0.05) is 0 Å². The van der Waals surface area contributed by atoms with Crippen LogP contribution in [0.4, 0.5) is 10.1 Å². The van der Waals surface area contributed by atoms with Gasteiger partial charge in [0.1, 0.15) is 16.4 Å². The molecule has 1 aliphatic heterocycles. The first-order valence-electron chi connectivity index (χ1n) is 11.0. The highest BCUT2D eigenvalue weighted by Crippen LogP contribution is 2.31. The molecule has 0 bridgehead atoms. The fraction of sp³-hybridized carbons (Fsp3) is 0.280. The van der Waals surface area contributed by atoms with Gasteiger partial charge in [-0.25, -0.2) is 9.07 Å². The molecule has 0 aliphatic carbocycles. The van der Waals surface area contributed by atoms with Crippen molar-refractivity contribution in [3.05, 3.63) is 71.0 Å². The number of nitrogens with one attached hydrogen (secondary N) is 1. The molecule has 2 aromatic heterocycles. The Labute approximate surface area is 195 Å². The minimum Gasteiger partial charge on any atom is -0.497 e. The van der Waals surface area contributed by atoms with Crippen molar-refractivity contribution < 1.29 is 13.9 Å². The number of fused-ring (bicyclic) bond motifs is 1. The molecule has 33 heavy (non-hydrogen) atoms.